The number of hydrogen-bond donors (Lipinski definition) is 3. The van der Waals surface area contributed by atoms with Gasteiger partial charge in [0.2, 0.25) is 0 Å². The lowest BCUT2D eigenvalue weighted by atomic mass is 9.88. The maximum absolute atomic E-state index is 11.3. The Hall–Kier alpha value is -1.50. The van der Waals surface area contributed by atoms with Gasteiger partial charge in [-0.25, -0.2) is 4.79 Å². The summed E-state index contributed by atoms with van der Waals surface area (Å²) in [4.78, 5) is 17.2. The lowest BCUT2D eigenvalue weighted by molar-refractivity contribution is -0.0781. The molecule has 0 aliphatic heterocycles. The average Bonchev–Trinajstić information content (AvgIpc) is 2.77. The number of hydrogen-bond acceptors (Lipinski definition) is 5. The molecule has 0 aliphatic rings. The first kappa shape index (κ1) is 31.5. The number of aromatic nitrogens is 1. The maximum atomic E-state index is 11.3. The van der Waals surface area contributed by atoms with Gasteiger partial charge >= 0.3 is 5.97 Å². The van der Waals surface area contributed by atoms with Gasteiger partial charge in [0.1, 0.15) is 0 Å². The Bertz CT molecular complexity index is 722. The number of pyridine rings is 1. The number of carboxylic acids is 1. The second-order valence-corrected chi connectivity index (χ2v) is 11.6. The van der Waals surface area contributed by atoms with Gasteiger partial charge < -0.3 is 20.2 Å². The minimum absolute atomic E-state index is 0.211. The molecule has 0 radical (unpaired) electrons. The predicted molar refractivity (Wildman–Crippen MR) is 144 cm³/mol. The van der Waals surface area contributed by atoms with Gasteiger partial charge in [0.05, 0.1) is 17.3 Å². The van der Waals surface area contributed by atoms with Crippen molar-refractivity contribution in [1.29, 1.82) is 0 Å². The first-order valence-corrected chi connectivity index (χ1v) is 13.7. The van der Waals surface area contributed by atoms with Gasteiger partial charge in [0.15, 0.2) is 0 Å². The summed E-state index contributed by atoms with van der Waals surface area (Å²) >= 11 is 0. The van der Waals surface area contributed by atoms with E-state index in [-0.39, 0.29) is 5.56 Å². The lowest BCUT2D eigenvalue weighted by Crippen LogP contribution is -2.46. The SMILES string of the molecule is CC(C)CCCC(C)CCCC(C)CCCC(C)(O)C(O)CN(C)CCc1ccncc1C(=O)O. The zero-order valence-electron chi connectivity index (χ0n) is 23.2. The number of nitrogens with zero attached hydrogens (tertiary/aromatic N) is 2. The van der Waals surface area contributed by atoms with E-state index in [9.17, 15) is 20.1 Å². The Morgan fingerprint density at radius 1 is 1.03 bits per heavy atom. The van der Waals surface area contributed by atoms with Gasteiger partial charge in [-0.1, -0.05) is 79.1 Å². The lowest BCUT2D eigenvalue weighted by Gasteiger charge is -2.32. The van der Waals surface area contributed by atoms with Crippen molar-refractivity contribution >= 4 is 5.97 Å². The van der Waals surface area contributed by atoms with Crippen molar-refractivity contribution in [3.05, 3.63) is 29.6 Å². The molecule has 0 amide bonds. The molecule has 0 fully saturated rings. The molecule has 1 aromatic rings. The van der Waals surface area contributed by atoms with Crippen molar-refractivity contribution in [3.8, 4) is 0 Å². The van der Waals surface area contributed by atoms with Crippen LogP contribution < -0.4 is 0 Å². The van der Waals surface area contributed by atoms with E-state index in [1.54, 1.807) is 19.2 Å². The first-order valence-electron chi connectivity index (χ1n) is 13.7. The minimum atomic E-state index is -1.14. The van der Waals surface area contributed by atoms with Crippen LogP contribution in [0.1, 0.15) is 108 Å². The summed E-state index contributed by atoms with van der Waals surface area (Å²) in [6.45, 7) is 11.9. The fourth-order valence-corrected chi connectivity index (χ4v) is 4.68. The smallest absolute Gasteiger partial charge is 0.337 e. The fourth-order valence-electron chi connectivity index (χ4n) is 4.68. The number of carbonyl (C=O) groups is 1. The predicted octanol–water partition coefficient (Wildman–Crippen LogP) is 5.81. The van der Waals surface area contributed by atoms with Crippen molar-refractivity contribution in [2.75, 3.05) is 20.1 Å². The second kappa shape index (κ2) is 16.3. The molecule has 0 aliphatic carbocycles. The third-order valence-corrected chi connectivity index (χ3v) is 7.36. The number of aliphatic hydroxyl groups excluding tert-OH is 1. The van der Waals surface area contributed by atoms with Crippen LogP contribution >= 0.6 is 0 Å². The summed E-state index contributed by atoms with van der Waals surface area (Å²) < 4.78 is 0. The Labute approximate surface area is 214 Å². The number of aliphatic hydroxyl groups is 2. The molecule has 6 nitrogen and oxygen atoms in total. The summed E-state index contributed by atoms with van der Waals surface area (Å²) in [7, 11) is 1.88. The molecule has 4 atom stereocenters. The van der Waals surface area contributed by atoms with E-state index in [0.29, 0.717) is 31.8 Å². The average molecular weight is 493 g/mol. The summed E-state index contributed by atoms with van der Waals surface area (Å²) in [6.07, 6.45) is 13.0. The van der Waals surface area contributed by atoms with Gasteiger partial charge in [0.25, 0.3) is 0 Å². The molecular weight excluding hydrogens is 440 g/mol. The summed E-state index contributed by atoms with van der Waals surface area (Å²) in [5, 5.41) is 30.8. The standard InChI is InChI=1S/C29H52N2O4/c1-22(2)10-7-11-23(3)12-8-13-24(4)14-9-17-29(5,35)27(32)21-31(6)19-16-25-15-18-30-20-26(25)28(33)34/h15,18,20,22-24,27,32,35H,7-14,16-17,19,21H2,1-6H3,(H,33,34). The normalized spacial score (nSPS) is 16.3. The van der Waals surface area contributed by atoms with E-state index in [0.717, 1.165) is 30.2 Å². The second-order valence-electron chi connectivity index (χ2n) is 11.6. The molecule has 1 aromatic heterocycles. The van der Waals surface area contributed by atoms with E-state index < -0.39 is 17.7 Å². The molecule has 0 aromatic carbocycles. The Morgan fingerprint density at radius 3 is 2.17 bits per heavy atom. The molecule has 1 rings (SSSR count). The molecule has 0 bridgehead atoms. The van der Waals surface area contributed by atoms with E-state index in [2.05, 4.69) is 32.7 Å². The molecule has 0 spiro atoms. The third-order valence-electron chi connectivity index (χ3n) is 7.36. The highest BCUT2D eigenvalue weighted by molar-refractivity contribution is 5.88. The first-order chi connectivity index (χ1) is 16.4. The third kappa shape index (κ3) is 13.4. The molecule has 35 heavy (non-hydrogen) atoms. The van der Waals surface area contributed by atoms with E-state index >= 15 is 0 Å². The van der Waals surface area contributed by atoms with E-state index in [4.69, 9.17) is 0 Å². The van der Waals surface area contributed by atoms with Crippen LogP contribution in [0.5, 0.6) is 0 Å². The number of rotatable bonds is 19. The zero-order chi connectivity index (χ0) is 26.4. The van der Waals surface area contributed by atoms with Gasteiger partial charge in [-0.3, -0.25) is 4.98 Å². The topological polar surface area (TPSA) is 93.9 Å². The Morgan fingerprint density at radius 2 is 1.60 bits per heavy atom. The molecule has 4 unspecified atom stereocenters. The molecule has 0 saturated carbocycles. The molecule has 6 heteroatoms. The maximum Gasteiger partial charge on any atom is 0.337 e. The Balaban J connectivity index is 2.29. The van der Waals surface area contributed by atoms with Gasteiger partial charge in [-0.15, -0.1) is 0 Å². The molecule has 3 N–H and O–H groups in total. The zero-order valence-corrected chi connectivity index (χ0v) is 23.2. The van der Waals surface area contributed by atoms with Crippen LogP contribution in [0.25, 0.3) is 0 Å². The molecule has 202 valence electrons. The summed E-state index contributed by atoms with van der Waals surface area (Å²) in [5.41, 5.74) is -0.204. The highest BCUT2D eigenvalue weighted by atomic mass is 16.4. The van der Waals surface area contributed by atoms with Gasteiger partial charge in [-0.05, 0) is 56.2 Å². The van der Waals surface area contributed by atoms with Crippen LogP contribution in [0.3, 0.4) is 0 Å². The van der Waals surface area contributed by atoms with Crippen molar-refractivity contribution in [3.63, 3.8) is 0 Å². The number of likely N-dealkylation sites (N-methyl/N-ethyl adjacent to an activating group) is 1. The summed E-state index contributed by atoms with van der Waals surface area (Å²) in [5.74, 6) is 1.27. The van der Waals surface area contributed by atoms with Crippen molar-refractivity contribution < 1.29 is 20.1 Å². The quantitative estimate of drug-likeness (QED) is 0.226. The van der Waals surface area contributed by atoms with Crippen LogP contribution in [0, 0.1) is 17.8 Å². The van der Waals surface area contributed by atoms with Crippen LogP contribution in [0.4, 0.5) is 0 Å². The molecular formula is C29H52N2O4. The van der Waals surface area contributed by atoms with Crippen LogP contribution in [-0.2, 0) is 6.42 Å². The minimum Gasteiger partial charge on any atom is -0.478 e. The monoisotopic (exact) mass is 492 g/mol. The van der Waals surface area contributed by atoms with E-state index in [1.165, 1.54) is 44.7 Å². The van der Waals surface area contributed by atoms with Crippen LogP contribution in [-0.4, -0.2) is 63.0 Å². The molecule has 0 saturated heterocycles. The Kier molecular flexibility index (Phi) is 14.7. The highest BCUT2D eigenvalue weighted by Gasteiger charge is 2.30. The highest BCUT2D eigenvalue weighted by Crippen LogP contribution is 2.24. The summed E-state index contributed by atoms with van der Waals surface area (Å²) in [6, 6.07) is 1.72. The van der Waals surface area contributed by atoms with Crippen molar-refractivity contribution in [2.45, 2.75) is 111 Å². The van der Waals surface area contributed by atoms with Crippen molar-refractivity contribution in [1.82, 2.24) is 9.88 Å². The van der Waals surface area contributed by atoms with Crippen LogP contribution in [0.2, 0.25) is 0 Å². The number of aromatic carboxylic acids is 1. The number of carboxylic acid groups (broad SMARTS) is 1. The fraction of sp³-hybridized carbons (Fsp3) is 0.793. The van der Waals surface area contributed by atoms with Crippen molar-refractivity contribution in [2.24, 2.45) is 17.8 Å². The molecule has 1 heterocycles. The van der Waals surface area contributed by atoms with E-state index in [1.807, 2.05) is 11.9 Å². The van der Waals surface area contributed by atoms with Crippen LogP contribution in [0.15, 0.2) is 18.5 Å². The van der Waals surface area contributed by atoms with Gasteiger partial charge in [0, 0.05) is 25.5 Å². The van der Waals surface area contributed by atoms with Gasteiger partial charge in [-0.2, -0.15) is 0 Å². The largest absolute Gasteiger partial charge is 0.478 e.